The molecule has 1 N–H and O–H groups in total. The Bertz CT molecular complexity index is 510. The van der Waals surface area contributed by atoms with Crippen molar-refractivity contribution in [3.8, 4) is 11.5 Å². The minimum Gasteiger partial charge on any atom is -0.475 e. The number of hydrogen-bond donors (Lipinski definition) is 1. The molecular formula is C10H10N2O3. The van der Waals surface area contributed by atoms with Crippen molar-refractivity contribution < 1.29 is 14.3 Å². The lowest BCUT2D eigenvalue weighted by Gasteiger charge is -1.95. The molecule has 0 saturated carbocycles. The van der Waals surface area contributed by atoms with Gasteiger partial charge in [0.25, 0.3) is 0 Å². The first-order valence-corrected chi connectivity index (χ1v) is 4.42. The van der Waals surface area contributed by atoms with Gasteiger partial charge in [-0.05, 0) is 25.1 Å². The van der Waals surface area contributed by atoms with Crippen LogP contribution >= 0.6 is 0 Å². The van der Waals surface area contributed by atoms with E-state index in [0.29, 0.717) is 5.76 Å². The monoisotopic (exact) mass is 206 g/mol. The first-order valence-electron chi connectivity index (χ1n) is 4.42. The van der Waals surface area contributed by atoms with E-state index < -0.39 is 5.97 Å². The van der Waals surface area contributed by atoms with Crippen LogP contribution in [-0.4, -0.2) is 20.9 Å². The van der Waals surface area contributed by atoms with Crippen LogP contribution in [0.15, 0.2) is 22.6 Å². The van der Waals surface area contributed by atoms with Gasteiger partial charge in [-0.2, -0.15) is 5.10 Å². The molecule has 0 aliphatic carbocycles. The normalized spacial score (nSPS) is 10.5. The summed E-state index contributed by atoms with van der Waals surface area (Å²) < 4.78 is 6.82. The van der Waals surface area contributed by atoms with Gasteiger partial charge in [0.15, 0.2) is 5.76 Å². The first-order chi connectivity index (χ1) is 7.08. The molecular weight excluding hydrogens is 196 g/mol. The lowest BCUT2D eigenvalue weighted by atomic mass is 10.3. The molecule has 2 aromatic rings. The topological polar surface area (TPSA) is 68.3 Å². The maximum Gasteiger partial charge on any atom is 0.371 e. The molecule has 0 saturated heterocycles. The van der Waals surface area contributed by atoms with E-state index in [1.807, 2.05) is 13.0 Å². The molecule has 5 nitrogen and oxygen atoms in total. The van der Waals surface area contributed by atoms with Crippen molar-refractivity contribution in [2.75, 3.05) is 0 Å². The fraction of sp³-hybridized carbons (Fsp3) is 0.200. The third kappa shape index (κ3) is 1.63. The average molecular weight is 206 g/mol. The number of nitrogens with zero attached hydrogens (tertiary/aromatic N) is 2. The van der Waals surface area contributed by atoms with E-state index in [-0.39, 0.29) is 5.76 Å². The van der Waals surface area contributed by atoms with Crippen LogP contribution in [0.3, 0.4) is 0 Å². The predicted molar refractivity (Wildman–Crippen MR) is 52.6 cm³/mol. The summed E-state index contributed by atoms with van der Waals surface area (Å²) in [5, 5.41) is 12.9. The van der Waals surface area contributed by atoms with E-state index in [2.05, 4.69) is 5.10 Å². The summed E-state index contributed by atoms with van der Waals surface area (Å²) in [5.74, 6) is -0.625. The number of furan rings is 1. The smallest absolute Gasteiger partial charge is 0.371 e. The van der Waals surface area contributed by atoms with E-state index in [1.165, 1.54) is 6.07 Å². The lowest BCUT2D eigenvalue weighted by Crippen LogP contribution is -1.93. The molecule has 2 rings (SSSR count). The second-order valence-electron chi connectivity index (χ2n) is 3.26. The predicted octanol–water partition coefficient (Wildman–Crippen LogP) is 1.69. The standard InChI is InChI=1S/C10H10N2O3/c1-6-5-7(12(2)11-6)8-3-4-9(15-8)10(13)14/h3-5H,1-2H3,(H,13,14). The second-order valence-corrected chi connectivity index (χ2v) is 3.26. The Morgan fingerprint density at radius 2 is 2.27 bits per heavy atom. The van der Waals surface area contributed by atoms with Gasteiger partial charge in [-0.3, -0.25) is 4.68 Å². The molecule has 5 heteroatoms. The third-order valence-corrected chi connectivity index (χ3v) is 2.07. The van der Waals surface area contributed by atoms with Gasteiger partial charge in [0.1, 0.15) is 5.69 Å². The van der Waals surface area contributed by atoms with Crippen molar-refractivity contribution in [3.05, 3.63) is 29.7 Å². The lowest BCUT2D eigenvalue weighted by molar-refractivity contribution is 0.0663. The summed E-state index contributed by atoms with van der Waals surface area (Å²) >= 11 is 0. The van der Waals surface area contributed by atoms with Crippen LogP contribution in [0.25, 0.3) is 11.5 Å². The Hall–Kier alpha value is -2.04. The van der Waals surface area contributed by atoms with Crippen molar-refractivity contribution in [2.24, 2.45) is 7.05 Å². The van der Waals surface area contributed by atoms with Gasteiger partial charge in [0.05, 0.1) is 5.69 Å². The van der Waals surface area contributed by atoms with Crippen LogP contribution in [0.4, 0.5) is 0 Å². The Kier molecular flexibility index (Phi) is 2.07. The van der Waals surface area contributed by atoms with E-state index in [0.717, 1.165) is 11.4 Å². The highest BCUT2D eigenvalue weighted by Gasteiger charge is 2.13. The molecule has 0 atom stereocenters. The molecule has 0 aromatic carbocycles. The van der Waals surface area contributed by atoms with Crippen molar-refractivity contribution >= 4 is 5.97 Å². The van der Waals surface area contributed by atoms with Gasteiger partial charge in [-0.25, -0.2) is 4.79 Å². The molecule has 0 spiro atoms. The van der Waals surface area contributed by atoms with Crippen molar-refractivity contribution in [2.45, 2.75) is 6.92 Å². The number of aromatic nitrogens is 2. The summed E-state index contributed by atoms with van der Waals surface area (Å²) in [7, 11) is 1.78. The quantitative estimate of drug-likeness (QED) is 0.811. The Balaban J connectivity index is 2.45. The van der Waals surface area contributed by atoms with Crippen LogP contribution in [-0.2, 0) is 7.05 Å². The summed E-state index contributed by atoms with van der Waals surface area (Å²) in [5.41, 5.74) is 1.63. The van der Waals surface area contributed by atoms with Gasteiger partial charge >= 0.3 is 5.97 Å². The van der Waals surface area contributed by atoms with E-state index in [9.17, 15) is 4.79 Å². The van der Waals surface area contributed by atoms with Gasteiger partial charge < -0.3 is 9.52 Å². The van der Waals surface area contributed by atoms with Crippen LogP contribution in [0.1, 0.15) is 16.2 Å². The molecule has 0 aliphatic heterocycles. The Morgan fingerprint density at radius 1 is 1.53 bits per heavy atom. The molecule has 0 bridgehead atoms. The molecule has 2 heterocycles. The van der Waals surface area contributed by atoms with E-state index >= 15 is 0 Å². The zero-order chi connectivity index (χ0) is 11.0. The number of aromatic carboxylic acids is 1. The van der Waals surface area contributed by atoms with Crippen LogP contribution in [0.2, 0.25) is 0 Å². The summed E-state index contributed by atoms with van der Waals surface area (Å²) in [6, 6.07) is 4.89. The number of aryl methyl sites for hydroxylation is 2. The number of carboxylic acid groups (broad SMARTS) is 1. The van der Waals surface area contributed by atoms with Crippen molar-refractivity contribution in [1.82, 2.24) is 9.78 Å². The largest absolute Gasteiger partial charge is 0.475 e. The summed E-state index contributed by atoms with van der Waals surface area (Å²) in [4.78, 5) is 10.6. The SMILES string of the molecule is Cc1cc(-c2ccc(C(=O)O)o2)n(C)n1. The zero-order valence-corrected chi connectivity index (χ0v) is 8.39. The summed E-state index contributed by atoms with van der Waals surface area (Å²) in [6.45, 7) is 1.87. The summed E-state index contributed by atoms with van der Waals surface area (Å²) in [6.07, 6.45) is 0. The van der Waals surface area contributed by atoms with Gasteiger partial charge in [-0.1, -0.05) is 0 Å². The molecule has 0 amide bonds. The molecule has 0 aliphatic rings. The van der Waals surface area contributed by atoms with Crippen LogP contribution in [0, 0.1) is 6.92 Å². The fourth-order valence-electron chi connectivity index (χ4n) is 1.43. The van der Waals surface area contributed by atoms with Gasteiger partial charge in [0, 0.05) is 7.05 Å². The molecule has 2 aromatic heterocycles. The highest BCUT2D eigenvalue weighted by atomic mass is 16.4. The van der Waals surface area contributed by atoms with Gasteiger partial charge in [0.2, 0.25) is 5.76 Å². The molecule has 15 heavy (non-hydrogen) atoms. The maximum atomic E-state index is 10.6. The molecule has 0 fully saturated rings. The highest BCUT2D eigenvalue weighted by molar-refractivity contribution is 5.85. The molecule has 78 valence electrons. The van der Waals surface area contributed by atoms with Gasteiger partial charge in [-0.15, -0.1) is 0 Å². The minimum absolute atomic E-state index is 0.0659. The Labute approximate surface area is 85.9 Å². The average Bonchev–Trinajstić information content (AvgIpc) is 2.71. The number of carboxylic acids is 1. The van der Waals surface area contributed by atoms with Crippen molar-refractivity contribution in [1.29, 1.82) is 0 Å². The third-order valence-electron chi connectivity index (χ3n) is 2.07. The number of hydrogen-bond acceptors (Lipinski definition) is 3. The number of carbonyl (C=O) groups is 1. The zero-order valence-electron chi connectivity index (χ0n) is 8.39. The highest BCUT2D eigenvalue weighted by Crippen LogP contribution is 2.22. The second kappa shape index (κ2) is 3.27. The Morgan fingerprint density at radius 3 is 2.73 bits per heavy atom. The maximum absolute atomic E-state index is 10.6. The van der Waals surface area contributed by atoms with Crippen molar-refractivity contribution in [3.63, 3.8) is 0 Å². The number of rotatable bonds is 2. The molecule has 0 unspecified atom stereocenters. The van der Waals surface area contributed by atoms with Crippen LogP contribution < -0.4 is 0 Å². The van der Waals surface area contributed by atoms with E-state index in [4.69, 9.17) is 9.52 Å². The minimum atomic E-state index is -1.07. The first kappa shape index (κ1) is 9.51. The van der Waals surface area contributed by atoms with Crippen LogP contribution in [0.5, 0.6) is 0 Å². The fourth-order valence-corrected chi connectivity index (χ4v) is 1.43. The molecule has 0 radical (unpaired) electrons. The van der Waals surface area contributed by atoms with E-state index in [1.54, 1.807) is 17.8 Å².